The molecule has 2 aromatic rings. The predicted molar refractivity (Wildman–Crippen MR) is 86.0 cm³/mol. The third-order valence-corrected chi connectivity index (χ3v) is 3.83. The Hall–Kier alpha value is -0.910. The van der Waals surface area contributed by atoms with Crippen molar-refractivity contribution in [3.8, 4) is 5.75 Å². The van der Waals surface area contributed by atoms with Gasteiger partial charge < -0.3 is 10.4 Å². The van der Waals surface area contributed by atoms with E-state index >= 15 is 0 Å². The number of hydrogen-bond donors (Lipinski definition) is 3. The molecule has 0 unspecified atom stereocenters. The maximum atomic E-state index is 12.0. The number of amides is 1. The summed E-state index contributed by atoms with van der Waals surface area (Å²) in [6.07, 6.45) is 1.98. The van der Waals surface area contributed by atoms with Crippen molar-refractivity contribution in [2.24, 2.45) is 0 Å². The van der Waals surface area contributed by atoms with Crippen LogP contribution in [-0.4, -0.2) is 32.7 Å². The van der Waals surface area contributed by atoms with E-state index in [0.717, 1.165) is 3.57 Å². The van der Waals surface area contributed by atoms with Crippen molar-refractivity contribution in [1.82, 2.24) is 20.5 Å². The number of phenolic OH excluding ortho intramolecular Hbond substituents is 1. The van der Waals surface area contributed by atoms with E-state index < -0.39 is 0 Å². The Kier molecular flexibility index (Phi) is 4.96. The number of rotatable bonds is 4. The van der Waals surface area contributed by atoms with E-state index in [2.05, 4.69) is 43.1 Å². The summed E-state index contributed by atoms with van der Waals surface area (Å²) >= 11 is 4.11. The maximum Gasteiger partial charge on any atom is 0.255 e. The molecule has 2 rings (SSSR count). The average molecular weight is 484 g/mol. The second kappa shape index (κ2) is 6.50. The molecule has 3 N–H and O–H groups in total. The van der Waals surface area contributed by atoms with Gasteiger partial charge >= 0.3 is 0 Å². The molecule has 100 valence electrons. The Morgan fingerprint density at radius 3 is 2.89 bits per heavy atom. The zero-order valence-corrected chi connectivity index (χ0v) is 14.0. The van der Waals surface area contributed by atoms with Crippen LogP contribution in [0.25, 0.3) is 0 Å². The van der Waals surface area contributed by atoms with Crippen LogP contribution >= 0.6 is 45.2 Å². The minimum atomic E-state index is -0.298. The number of phenols is 1. The summed E-state index contributed by atoms with van der Waals surface area (Å²) in [6.45, 7) is 0.426. The smallest absolute Gasteiger partial charge is 0.255 e. The van der Waals surface area contributed by atoms with E-state index in [-0.39, 0.29) is 17.2 Å². The van der Waals surface area contributed by atoms with E-state index in [1.807, 2.05) is 28.7 Å². The zero-order valence-electron chi connectivity index (χ0n) is 9.65. The van der Waals surface area contributed by atoms with Gasteiger partial charge in [0.15, 0.2) is 0 Å². The fourth-order valence-electron chi connectivity index (χ4n) is 1.48. The molecular formula is C11H10I2N4O2. The van der Waals surface area contributed by atoms with Gasteiger partial charge in [0.05, 0.1) is 9.13 Å². The number of hydrogen-bond acceptors (Lipinski definition) is 4. The molecule has 1 amide bonds. The number of carbonyl (C=O) groups is 1. The predicted octanol–water partition coefficient (Wildman–Crippen LogP) is 1.69. The number of H-pyrrole nitrogens is 1. The molecule has 0 saturated carbocycles. The molecule has 0 atom stereocenters. The van der Waals surface area contributed by atoms with E-state index in [1.54, 1.807) is 6.07 Å². The molecule has 0 saturated heterocycles. The average Bonchev–Trinajstić information content (AvgIpc) is 2.86. The normalized spacial score (nSPS) is 10.4. The lowest BCUT2D eigenvalue weighted by atomic mass is 10.2. The van der Waals surface area contributed by atoms with Gasteiger partial charge in [0.2, 0.25) is 0 Å². The van der Waals surface area contributed by atoms with Crippen molar-refractivity contribution in [1.29, 1.82) is 0 Å². The van der Waals surface area contributed by atoms with Gasteiger partial charge in [-0.25, -0.2) is 4.98 Å². The number of nitrogens with zero attached hydrogens (tertiary/aromatic N) is 2. The highest BCUT2D eigenvalue weighted by atomic mass is 127. The van der Waals surface area contributed by atoms with Crippen LogP contribution in [0.1, 0.15) is 16.2 Å². The first kappa shape index (κ1) is 14.5. The van der Waals surface area contributed by atoms with Crippen LogP contribution in [-0.2, 0) is 6.42 Å². The highest BCUT2D eigenvalue weighted by Gasteiger charge is 2.14. The third kappa shape index (κ3) is 3.78. The van der Waals surface area contributed by atoms with Gasteiger partial charge in [0, 0.05) is 16.5 Å². The fraction of sp³-hybridized carbons (Fsp3) is 0.182. The summed E-state index contributed by atoms with van der Waals surface area (Å²) in [5, 5.41) is 19.1. The lowest BCUT2D eigenvalue weighted by Crippen LogP contribution is -2.26. The van der Waals surface area contributed by atoms with Gasteiger partial charge in [-0.15, -0.1) is 0 Å². The number of halogens is 2. The van der Waals surface area contributed by atoms with E-state index in [9.17, 15) is 9.90 Å². The second-order valence-corrected chi connectivity index (χ2v) is 6.13. The molecule has 0 bridgehead atoms. The molecule has 1 aromatic heterocycles. The minimum Gasteiger partial charge on any atom is -0.506 e. The molecule has 19 heavy (non-hydrogen) atoms. The van der Waals surface area contributed by atoms with Crippen molar-refractivity contribution >= 4 is 51.1 Å². The number of aromatic amines is 1. The standard InChI is InChI=1S/C11H10I2N4O2/c12-6-3-7(10(18)8(13)4-6)11(19)14-2-1-9-15-5-16-17-9/h3-5,18H,1-2H2,(H,14,19)(H,15,16,17). The molecule has 0 aliphatic rings. The van der Waals surface area contributed by atoms with Gasteiger partial charge in [0.25, 0.3) is 5.91 Å². The molecule has 8 heteroatoms. The molecule has 0 radical (unpaired) electrons. The second-order valence-electron chi connectivity index (χ2n) is 3.72. The molecule has 0 spiro atoms. The van der Waals surface area contributed by atoms with Gasteiger partial charge in [0.1, 0.15) is 17.9 Å². The van der Waals surface area contributed by atoms with E-state index in [1.165, 1.54) is 6.33 Å². The Balaban J connectivity index is 2.00. The summed E-state index contributed by atoms with van der Waals surface area (Å²) in [4.78, 5) is 15.9. The molecule has 0 aliphatic carbocycles. The highest BCUT2D eigenvalue weighted by molar-refractivity contribution is 14.1. The lowest BCUT2D eigenvalue weighted by Gasteiger charge is -2.08. The van der Waals surface area contributed by atoms with Crippen molar-refractivity contribution in [3.05, 3.63) is 37.0 Å². The first-order chi connectivity index (χ1) is 9.08. The van der Waals surface area contributed by atoms with Crippen LogP contribution in [0.2, 0.25) is 0 Å². The number of nitrogens with one attached hydrogen (secondary N) is 2. The van der Waals surface area contributed by atoms with Crippen molar-refractivity contribution in [3.63, 3.8) is 0 Å². The molecule has 6 nitrogen and oxygen atoms in total. The number of aromatic hydroxyl groups is 1. The quantitative estimate of drug-likeness (QED) is 0.577. The molecule has 0 aliphatic heterocycles. The number of carbonyl (C=O) groups excluding carboxylic acids is 1. The molecule has 0 fully saturated rings. The lowest BCUT2D eigenvalue weighted by molar-refractivity contribution is 0.0951. The Morgan fingerprint density at radius 1 is 1.42 bits per heavy atom. The van der Waals surface area contributed by atoms with Crippen molar-refractivity contribution < 1.29 is 9.90 Å². The van der Waals surface area contributed by atoms with Crippen LogP contribution in [0.4, 0.5) is 0 Å². The SMILES string of the molecule is O=C(NCCc1ncn[nH]1)c1cc(I)cc(I)c1O. The number of benzene rings is 1. The monoisotopic (exact) mass is 484 g/mol. The summed E-state index contributed by atoms with van der Waals surface area (Å²) < 4.78 is 1.56. The first-order valence-corrected chi connectivity index (χ1v) is 7.54. The van der Waals surface area contributed by atoms with Crippen LogP contribution in [0.15, 0.2) is 18.5 Å². The van der Waals surface area contributed by atoms with E-state index in [4.69, 9.17) is 0 Å². The summed E-state index contributed by atoms with van der Waals surface area (Å²) in [6, 6.07) is 3.46. The maximum absolute atomic E-state index is 12.0. The van der Waals surface area contributed by atoms with E-state index in [0.29, 0.717) is 22.4 Å². The Morgan fingerprint density at radius 2 is 2.21 bits per heavy atom. The Bertz CT molecular complexity index is 587. The molecule has 1 heterocycles. The highest BCUT2D eigenvalue weighted by Crippen LogP contribution is 2.26. The van der Waals surface area contributed by atoms with Crippen LogP contribution in [0.5, 0.6) is 5.75 Å². The summed E-state index contributed by atoms with van der Waals surface area (Å²) in [7, 11) is 0. The van der Waals surface area contributed by atoms with Gasteiger partial charge in [-0.05, 0) is 57.3 Å². The van der Waals surface area contributed by atoms with Crippen molar-refractivity contribution in [2.45, 2.75) is 6.42 Å². The molecule has 1 aromatic carbocycles. The Labute approximate surface area is 136 Å². The van der Waals surface area contributed by atoms with Gasteiger partial charge in [-0.3, -0.25) is 9.89 Å². The van der Waals surface area contributed by atoms with Gasteiger partial charge in [-0.1, -0.05) is 0 Å². The minimum absolute atomic E-state index is 0.0122. The van der Waals surface area contributed by atoms with Gasteiger partial charge in [-0.2, -0.15) is 5.10 Å². The fourth-order valence-corrected chi connectivity index (χ4v) is 3.32. The van der Waals surface area contributed by atoms with Crippen LogP contribution < -0.4 is 5.32 Å². The van der Waals surface area contributed by atoms with Crippen molar-refractivity contribution in [2.75, 3.05) is 6.54 Å². The zero-order chi connectivity index (χ0) is 13.8. The third-order valence-electron chi connectivity index (χ3n) is 2.39. The first-order valence-electron chi connectivity index (χ1n) is 5.38. The topological polar surface area (TPSA) is 90.9 Å². The van der Waals surface area contributed by atoms with Crippen LogP contribution in [0.3, 0.4) is 0 Å². The number of aromatic nitrogens is 3. The summed E-state index contributed by atoms with van der Waals surface area (Å²) in [5.41, 5.74) is 0.286. The van der Waals surface area contributed by atoms with Crippen LogP contribution in [0, 0.1) is 7.14 Å². The molecular weight excluding hydrogens is 474 g/mol. The largest absolute Gasteiger partial charge is 0.506 e. The summed E-state index contributed by atoms with van der Waals surface area (Å²) in [5.74, 6) is 0.424.